The van der Waals surface area contributed by atoms with Crippen LogP contribution in [0.15, 0.2) is 30.5 Å². The van der Waals surface area contributed by atoms with Gasteiger partial charge in [0, 0.05) is 11.7 Å². The van der Waals surface area contributed by atoms with E-state index in [1.807, 2.05) is 6.20 Å². The summed E-state index contributed by atoms with van der Waals surface area (Å²) < 4.78 is 0. The van der Waals surface area contributed by atoms with E-state index in [2.05, 4.69) is 36.2 Å². The molecular formula is C12H14N. The highest BCUT2D eigenvalue weighted by Crippen LogP contribution is 2.15. The highest BCUT2D eigenvalue weighted by atomic mass is 14.7. The van der Waals surface area contributed by atoms with Crippen molar-refractivity contribution in [3.63, 3.8) is 0 Å². The number of nitrogens with one attached hydrogen (secondary N) is 1. The molecule has 1 nitrogen and oxygen atoms in total. The molecule has 0 spiro atoms. The zero-order chi connectivity index (χ0) is 9.10. The van der Waals surface area contributed by atoms with Gasteiger partial charge < -0.3 is 4.98 Å². The molecule has 1 heteroatoms. The van der Waals surface area contributed by atoms with Gasteiger partial charge in [-0.2, -0.15) is 0 Å². The summed E-state index contributed by atoms with van der Waals surface area (Å²) in [7, 11) is 0. The summed E-state index contributed by atoms with van der Waals surface area (Å²) in [5.74, 6) is 0. The molecule has 0 aliphatic rings. The maximum atomic E-state index is 3.85. The fraction of sp³-hybridized carbons (Fsp3) is 0.250. The van der Waals surface area contributed by atoms with Crippen molar-refractivity contribution in [3.05, 3.63) is 42.9 Å². The Hall–Kier alpha value is -1.24. The van der Waals surface area contributed by atoms with Crippen molar-refractivity contribution in [1.82, 2.24) is 4.98 Å². The molecule has 0 fully saturated rings. The SMILES string of the molecule is [CH2]CCCc1ccc2[nH]ccc2c1. The van der Waals surface area contributed by atoms with E-state index < -0.39 is 0 Å². The normalized spacial score (nSPS) is 10.8. The number of aromatic nitrogens is 1. The number of aryl methyl sites for hydroxylation is 1. The quantitative estimate of drug-likeness (QED) is 0.731. The summed E-state index contributed by atoms with van der Waals surface area (Å²) >= 11 is 0. The molecular weight excluding hydrogens is 158 g/mol. The monoisotopic (exact) mass is 172 g/mol. The Morgan fingerprint density at radius 3 is 3.00 bits per heavy atom. The topological polar surface area (TPSA) is 15.8 Å². The number of aromatic amines is 1. The molecule has 1 radical (unpaired) electrons. The summed E-state index contributed by atoms with van der Waals surface area (Å²) in [6, 6.07) is 8.70. The molecule has 0 bridgehead atoms. The Morgan fingerprint density at radius 2 is 2.15 bits per heavy atom. The van der Waals surface area contributed by atoms with Crippen molar-refractivity contribution < 1.29 is 0 Å². The highest BCUT2D eigenvalue weighted by Gasteiger charge is 1.96. The Kier molecular flexibility index (Phi) is 2.35. The largest absolute Gasteiger partial charge is 0.361 e. The van der Waals surface area contributed by atoms with E-state index in [1.165, 1.54) is 22.9 Å². The number of hydrogen-bond acceptors (Lipinski definition) is 0. The lowest BCUT2D eigenvalue weighted by Crippen LogP contribution is -1.83. The van der Waals surface area contributed by atoms with Crippen molar-refractivity contribution in [1.29, 1.82) is 0 Å². The number of H-pyrrole nitrogens is 1. The van der Waals surface area contributed by atoms with Gasteiger partial charge in [0.25, 0.3) is 0 Å². The molecule has 1 heterocycles. The molecule has 67 valence electrons. The van der Waals surface area contributed by atoms with Crippen LogP contribution < -0.4 is 0 Å². The first-order chi connectivity index (χ1) is 6.40. The lowest BCUT2D eigenvalue weighted by molar-refractivity contribution is 0.842. The lowest BCUT2D eigenvalue weighted by Gasteiger charge is -1.99. The van der Waals surface area contributed by atoms with Crippen molar-refractivity contribution in [2.75, 3.05) is 0 Å². The van der Waals surface area contributed by atoms with Gasteiger partial charge in [0.1, 0.15) is 0 Å². The van der Waals surface area contributed by atoms with Crippen molar-refractivity contribution >= 4 is 10.9 Å². The molecule has 0 atom stereocenters. The standard InChI is InChI=1S/C12H14N/c1-2-3-4-10-5-6-12-11(9-10)7-8-13-12/h5-9,13H,1-4H2. The van der Waals surface area contributed by atoms with Crippen LogP contribution in [0, 0.1) is 6.92 Å². The molecule has 0 amide bonds. The third-order valence-electron chi connectivity index (χ3n) is 2.33. The second-order valence-electron chi connectivity index (χ2n) is 3.36. The molecule has 1 N–H and O–H groups in total. The number of rotatable bonds is 3. The molecule has 2 aromatic rings. The van der Waals surface area contributed by atoms with E-state index in [1.54, 1.807) is 0 Å². The minimum Gasteiger partial charge on any atom is -0.361 e. The van der Waals surface area contributed by atoms with Crippen molar-refractivity contribution in [2.45, 2.75) is 19.3 Å². The summed E-state index contributed by atoms with van der Waals surface area (Å²) in [4.78, 5) is 3.19. The minimum atomic E-state index is 1.02. The Balaban J connectivity index is 2.26. The molecule has 0 saturated carbocycles. The smallest absolute Gasteiger partial charge is 0.0454 e. The van der Waals surface area contributed by atoms with E-state index in [0.717, 1.165) is 12.8 Å². The van der Waals surface area contributed by atoms with Crippen LogP contribution in [0.4, 0.5) is 0 Å². The number of unbranched alkanes of at least 4 members (excludes halogenated alkanes) is 1. The van der Waals surface area contributed by atoms with Gasteiger partial charge >= 0.3 is 0 Å². The van der Waals surface area contributed by atoms with Crippen LogP contribution in [0.25, 0.3) is 10.9 Å². The second kappa shape index (κ2) is 3.65. The van der Waals surface area contributed by atoms with Crippen LogP contribution in [-0.2, 0) is 6.42 Å². The second-order valence-corrected chi connectivity index (χ2v) is 3.36. The van der Waals surface area contributed by atoms with Gasteiger partial charge in [-0.15, -0.1) is 0 Å². The van der Waals surface area contributed by atoms with Gasteiger partial charge in [0.2, 0.25) is 0 Å². The van der Waals surface area contributed by atoms with Crippen LogP contribution in [0.1, 0.15) is 18.4 Å². The number of benzene rings is 1. The molecule has 2 rings (SSSR count). The molecule has 13 heavy (non-hydrogen) atoms. The van der Waals surface area contributed by atoms with Crippen LogP contribution in [0.2, 0.25) is 0 Å². The van der Waals surface area contributed by atoms with E-state index in [0.29, 0.717) is 0 Å². The third-order valence-corrected chi connectivity index (χ3v) is 2.33. The van der Waals surface area contributed by atoms with Crippen LogP contribution >= 0.6 is 0 Å². The predicted octanol–water partition coefficient (Wildman–Crippen LogP) is 3.32. The first-order valence-corrected chi connectivity index (χ1v) is 4.75. The average Bonchev–Trinajstić information content (AvgIpc) is 2.61. The Labute approximate surface area is 78.8 Å². The van der Waals surface area contributed by atoms with Crippen LogP contribution in [0.3, 0.4) is 0 Å². The molecule has 0 aliphatic heterocycles. The van der Waals surface area contributed by atoms with Gasteiger partial charge in [-0.05, 0) is 42.0 Å². The zero-order valence-corrected chi connectivity index (χ0v) is 7.72. The van der Waals surface area contributed by atoms with E-state index in [4.69, 9.17) is 0 Å². The molecule has 1 aromatic carbocycles. The number of hydrogen-bond donors (Lipinski definition) is 1. The van der Waals surface area contributed by atoms with Crippen molar-refractivity contribution in [2.24, 2.45) is 0 Å². The lowest BCUT2D eigenvalue weighted by atomic mass is 10.1. The van der Waals surface area contributed by atoms with Crippen LogP contribution in [-0.4, -0.2) is 4.98 Å². The maximum Gasteiger partial charge on any atom is 0.0454 e. The zero-order valence-electron chi connectivity index (χ0n) is 7.72. The third kappa shape index (κ3) is 1.74. The highest BCUT2D eigenvalue weighted by molar-refractivity contribution is 5.79. The summed E-state index contributed by atoms with van der Waals surface area (Å²) in [6.07, 6.45) is 5.32. The van der Waals surface area contributed by atoms with Crippen LogP contribution in [0.5, 0.6) is 0 Å². The summed E-state index contributed by atoms with van der Waals surface area (Å²) in [5, 5.41) is 1.31. The first kappa shape index (κ1) is 8.36. The predicted molar refractivity (Wildman–Crippen MR) is 56.6 cm³/mol. The fourth-order valence-corrected chi connectivity index (χ4v) is 1.59. The average molecular weight is 172 g/mol. The van der Waals surface area contributed by atoms with Gasteiger partial charge in [0.15, 0.2) is 0 Å². The van der Waals surface area contributed by atoms with Gasteiger partial charge in [-0.3, -0.25) is 0 Å². The van der Waals surface area contributed by atoms with E-state index in [9.17, 15) is 0 Å². The Morgan fingerprint density at radius 1 is 1.23 bits per heavy atom. The van der Waals surface area contributed by atoms with Gasteiger partial charge in [-0.25, -0.2) is 0 Å². The molecule has 1 aromatic heterocycles. The fourth-order valence-electron chi connectivity index (χ4n) is 1.59. The minimum absolute atomic E-state index is 1.02. The molecule has 0 aliphatic carbocycles. The Bertz CT molecular complexity index is 387. The number of fused-ring (bicyclic) bond motifs is 1. The first-order valence-electron chi connectivity index (χ1n) is 4.75. The van der Waals surface area contributed by atoms with Gasteiger partial charge in [0.05, 0.1) is 0 Å². The molecule has 0 unspecified atom stereocenters. The maximum absolute atomic E-state index is 3.85. The van der Waals surface area contributed by atoms with E-state index in [-0.39, 0.29) is 0 Å². The van der Waals surface area contributed by atoms with E-state index >= 15 is 0 Å². The summed E-state index contributed by atoms with van der Waals surface area (Å²) in [5.41, 5.74) is 2.63. The summed E-state index contributed by atoms with van der Waals surface area (Å²) in [6.45, 7) is 3.85. The molecule has 0 saturated heterocycles. The van der Waals surface area contributed by atoms with Crippen molar-refractivity contribution in [3.8, 4) is 0 Å². The van der Waals surface area contributed by atoms with Gasteiger partial charge in [-0.1, -0.05) is 19.4 Å².